The van der Waals surface area contributed by atoms with Crippen LogP contribution in [0.25, 0.3) is 0 Å². The minimum atomic E-state index is -0.205. The fourth-order valence-corrected chi connectivity index (χ4v) is 1.86. The third-order valence-electron chi connectivity index (χ3n) is 1.80. The molecule has 0 radical (unpaired) electrons. The normalized spacial score (nSPS) is 12.1. The molecule has 0 saturated heterocycles. The number of thioether (sulfide) groups is 1. The lowest BCUT2D eigenvalue weighted by Crippen LogP contribution is -1.99. The fourth-order valence-electron chi connectivity index (χ4n) is 1.09. The van der Waals surface area contributed by atoms with Crippen molar-refractivity contribution in [1.82, 2.24) is 0 Å². The van der Waals surface area contributed by atoms with Gasteiger partial charge in [0.15, 0.2) is 0 Å². The zero-order valence-electron chi connectivity index (χ0n) is 8.40. The Hall–Kier alpha value is -0.960. The van der Waals surface area contributed by atoms with Crippen LogP contribution in [0.4, 0.5) is 4.79 Å². The van der Waals surface area contributed by atoms with Crippen LogP contribution in [0.15, 0.2) is 30.3 Å². The predicted octanol–water partition coefficient (Wildman–Crippen LogP) is 3.64. The zero-order valence-corrected chi connectivity index (χ0v) is 9.21. The van der Waals surface area contributed by atoms with Gasteiger partial charge < -0.3 is 4.74 Å². The van der Waals surface area contributed by atoms with Gasteiger partial charge in [-0.1, -0.05) is 30.3 Å². The summed E-state index contributed by atoms with van der Waals surface area (Å²) in [6, 6.07) is 9.92. The van der Waals surface area contributed by atoms with E-state index in [1.165, 1.54) is 11.8 Å². The van der Waals surface area contributed by atoms with Gasteiger partial charge in [-0.15, -0.1) is 0 Å². The monoisotopic (exact) mass is 210 g/mol. The second-order valence-corrected chi connectivity index (χ2v) is 4.13. The van der Waals surface area contributed by atoms with Crippen LogP contribution in [0.2, 0.25) is 0 Å². The molecule has 1 unspecified atom stereocenters. The van der Waals surface area contributed by atoms with E-state index in [-0.39, 0.29) is 10.6 Å². The van der Waals surface area contributed by atoms with E-state index >= 15 is 0 Å². The van der Waals surface area contributed by atoms with Crippen LogP contribution in [0.1, 0.15) is 24.7 Å². The van der Waals surface area contributed by atoms with Gasteiger partial charge in [-0.25, -0.2) is 4.79 Å². The summed E-state index contributed by atoms with van der Waals surface area (Å²) in [5.41, 5.74) is 1.14. The number of ether oxygens (including phenoxy) is 1. The second-order valence-electron chi connectivity index (χ2n) is 2.85. The van der Waals surface area contributed by atoms with Gasteiger partial charge >= 0.3 is 5.30 Å². The highest BCUT2D eigenvalue weighted by molar-refractivity contribution is 8.13. The standard InChI is InChI=1S/C11H14O2S/c1-3-13-11(12)14-9(2)10-7-5-4-6-8-10/h4-9H,3H2,1-2H3. The molecule has 0 bridgehead atoms. The molecule has 0 N–H and O–H groups in total. The number of carbonyl (C=O) groups is 1. The average Bonchev–Trinajstić information content (AvgIpc) is 2.19. The lowest BCUT2D eigenvalue weighted by Gasteiger charge is -2.09. The summed E-state index contributed by atoms with van der Waals surface area (Å²) in [6.45, 7) is 4.25. The second kappa shape index (κ2) is 5.70. The van der Waals surface area contributed by atoms with E-state index in [9.17, 15) is 4.79 Å². The third kappa shape index (κ3) is 3.42. The van der Waals surface area contributed by atoms with Gasteiger partial charge in [0.05, 0.1) is 6.61 Å². The Morgan fingerprint density at radius 3 is 2.64 bits per heavy atom. The molecular formula is C11H14O2S. The van der Waals surface area contributed by atoms with Gasteiger partial charge in [0.25, 0.3) is 0 Å². The van der Waals surface area contributed by atoms with Crippen LogP contribution < -0.4 is 0 Å². The number of hydrogen-bond donors (Lipinski definition) is 0. The Morgan fingerprint density at radius 2 is 2.07 bits per heavy atom. The molecule has 0 aromatic heterocycles. The van der Waals surface area contributed by atoms with Crippen molar-refractivity contribution >= 4 is 17.1 Å². The summed E-state index contributed by atoms with van der Waals surface area (Å²) in [7, 11) is 0. The molecule has 3 heteroatoms. The molecule has 0 heterocycles. The highest BCUT2D eigenvalue weighted by Gasteiger charge is 2.11. The van der Waals surface area contributed by atoms with E-state index in [4.69, 9.17) is 4.74 Å². The first-order valence-electron chi connectivity index (χ1n) is 4.62. The van der Waals surface area contributed by atoms with Crippen molar-refractivity contribution < 1.29 is 9.53 Å². The first-order valence-corrected chi connectivity index (χ1v) is 5.50. The van der Waals surface area contributed by atoms with Crippen molar-refractivity contribution in [2.45, 2.75) is 19.1 Å². The van der Waals surface area contributed by atoms with Crippen molar-refractivity contribution in [3.8, 4) is 0 Å². The van der Waals surface area contributed by atoms with Crippen LogP contribution in [0.3, 0.4) is 0 Å². The molecule has 0 amide bonds. The van der Waals surface area contributed by atoms with Gasteiger partial charge in [-0.3, -0.25) is 0 Å². The number of benzene rings is 1. The molecule has 1 aromatic carbocycles. The Balaban J connectivity index is 2.50. The van der Waals surface area contributed by atoms with Crippen molar-refractivity contribution in [1.29, 1.82) is 0 Å². The van der Waals surface area contributed by atoms with Gasteiger partial charge in [0, 0.05) is 5.25 Å². The van der Waals surface area contributed by atoms with Crippen molar-refractivity contribution in [2.75, 3.05) is 6.61 Å². The van der Waals surface area contributed by atoms with Gasteiger partial charge in [0.1, 0.15) is 0 Å². The van der Waals surface area contributed by atoms with Crippen molar-refractivity contribution in [2.24, 2.45) is 0 Å². The summed E-state index contributed by atoms with van der Waals surface area (Å²) in [4.78, 5) is 11.2. The molecule has 0 aliphatic carbocycles. The average molecular weight is 210 g/mol. The molecule has 0 aliphatic rings. The quantitative estimate of drug-likeness (QED) is 0.712. The molecule has 1 atom stereocenters. The molecule has 14 heavy (non-hydrogen) atoms. The Bertz CT molecular complexity index is 285. The Labute approximate surface area is 88.7 Å². The van der Waals surface area contributed by atoms with E-state index in [2.05, 4.69) is 0 Å². The fraction of sp³-hybridized carbons (Fsp3) is 0.364. The Morgan fingerprint density at radius 1 is 1.43 bits per heavy atom. The van der Waals surface area contributed by atoms with Gasteiger partial charge in [-0.05, 0) is 31.2 Å². The topological polar surface area (TPSA) is 26.3 Å². The third-order valence-corrected chi connectivity index (χ3v) is 2.74. The molecule has 1 rings (SSSR count). The van der Waals surface area contributed by atoms with E-state index in [0.29, 0.717) is 6.61 Å². The molecule has 1 aromatic rings. The van der Waals surface area contributed by atoms with Crippen molar-refractivity contribution in [3.05, 3.63) is 35.9 Å². The molecular weight excluding hydrogens is 196 g/mol. The molecule has 2 nitrogen and oxygen atoms in total. The Kier molecular flexibility index (Phi) is 4.53. The molecule has 0 saturated carbocycles. The van der Waals surface area contributed by atoms with E-state index in [1.54, 1.807) is 0 Å². The molecule has 76 valence electrons. The van der Waals surface area contributed by atoms with Gasteiger partial charge in [0.2, 0.25) is 0 Å². The van der Waals surface area contributed by atoms with E-state index in [1.807, 2.05) is 44.2 Å². The minimum Gasteiger partial charge on any atom is -0.458 e. The number of carbonyl (C=O) groups excluding carboxylic acids is 1. The van der Waals surface area contributed by atoms with E-state index < -0.39 is 0 Å². The molecule has 0 fully saturated rings. The van der Waals surface area contributed by atoms with Crippen LogP contribution in [-0.4, -0.2) is 11.9 Å². The smallest absolute Gasteiger partial charge is 0.367 e. The number of hydrogen-bond acceptors (Lipinski definition) is 3. The lowest BCUT2D eigenvalue weighted by molar-refractivity contribution is 0.181. The first-order chi connectivity index (χ1) is 6.74. The lowest BCUT2D eigenvalue weighted by atomic mass is 10.2. The summed E-state index contributed by atoms with van der Waals surface area (Å²) in [6.07, 6.45) is 0. The SMILES string of the molecule is CCOC(=O)SC(C)c1ccccc1. The predicted molar refractivity (Wildman–Crippen MR) is 59.5 cm³/mol. The highest BCUT2D eigenvalue weighted by atomic mass is 32.2. The highest BCUT2D eigenvalue weighted by Crippen LogP contribution is 2.28. The van der Waals surface area contributed by atoms with Crippen LogP contribution >= 0.6 is 11.8 Å². The maximum atomic E-state index is 11.2. The van der Waals surface area contributed by atoms with Crippen LogP contribution in [-0.2, 0) is 4.74 Å². The molecule has 0 spiro atoms. The maximum Gasteiger partial charge on any atom is 0.367 e. The van der Waals surface area contributed by atoms with Crippen LogP contribution in [0, 0.1) is 0 Å². The first kappa shape index (κ1) is 11.1. The van der Waals surface area contributed by atoms with E-state index in [0.717, 1.165) is 5.56 Å². The van der Waals surface area contributed by atoms with Gasteiger partial charge in [-0.2, -0.15) is 0 Å². The summed E-state index contributed by atoms with van der Waals surface area (Å²) < 4.78 is 4.86. The largest absolute Gasteiger partial charge is 0.458 e. The summed E-state index contributed by atoms with van der Waals surface area (Å²) >= 11 is 1.22. The summed E-state index contributed by atoms with van der Waals surface area (Å²) in [5.74, 6) is 0. The van der Waals surface area contributed by atoms with Crippen molar-refractivity contribution in [3.63, 3.8) is 0 Å². The summed E-state index contributed by atoms with van der Waals surface area (Å²) in [5, 5.41) is -0.0564. The maximum absolute atomic E-state index is 11.2. The molecule has 0 aliphatic heterocycles. The van der Waals surface area contributed by atoms with Crippen LogP contribution in [0.5, 0.6) is 0 Å². The number of rotatable bonds is 3. The minimum absolute atomic E-state index is 0.148. The zero-order chi connectivity index (χ0) is 10.4.